The Morgan fingerprint density at radius 1 is 1.44 bits per heavy atom. The summed E-state index contributed by atoms with van der Waals surface area (Å²) in [7, 11) is 3.64. The molecular formula is C13H25N3O2. The SMILES string of the molecule is COC(=O)C(CN)NC1CC2CCCC(C1)N2C. The Hall–Kier alpha value is -0.650. The maximum atomic E-state index is 11.6. The Labute approximate surface area is 109 Å². The van der Waals surface area contributed by atoms with Gasteiger partial charge in [0.2, 0.25) is 0 Å². The Kier molecular flexibility index (Phi) is 4.59. The molecule has 2 aliphatic rings. The highest BCUT2D eigenvalue weighted by molar-refractivity contribution is 5.75. The maximum Gasteiger partial charge on any atom is 0.324 e. The minimum atomic E-state index is -0.357. The molecule has 3 atom stereocenters. The number of carbonyl (C=O) groups excluding carboxylic acids is 1. The maximum absolute atomic E-state index is 11.6. The molecule has 104 valence electrons. The van der Waals surface area contributed by atoms with Crippen LogP contribution in [0.1, 0.15) is 32.1 Å². The van der Waals surface area contributed by atoms with E-state index in [0.717, 1.165) is 12.8 Å². The lowest BCUT2D eigenvalue weighted by Crippen LogP contribution is -2.58. The summed E-state index contributed by atoms with van der Waals surface area (Å²) in [6.45, 7) is 0.300. The van der Waals surface area contributed by atoms with Crippen molar-refractivity contribution >= 4 is 5.97 Å². The van der Waals surface area contributed by atoms with Crippen LogP contribution in [0.25, 0.3) is 0 Å². The number of hydrogen-bond donors (Lipinski definition) is 2. The number of nitrogens with two attached hydrogens (primary N) is 1. The minimum Gasteiger partial charge on any atom is -0.468 e. The lowest BCUT2D eigenvalue weighted by molar-refractivity contribution is -0.143. The quantitative estimate of drug-likeness (QED) is 0.697. The van der Waals surface area contributed by atoms with Gasteiger partial charge in [-0.05, 0) is 32.7 Å². The number of methoxy groups -OCH3 is 1. The summed E-state index contributed by atoms with van der Waals surface area (Å²) in [5.74, 6) is -0.249. The van der Waals surface area contributed by atoms with Gasteiger partial charge in [0.15, 0.2) is 0 Å². The molecule has 2 fully saturated rings. The minimum absolute atomic E-state index is 0.249. The van der Waals surface area contributed by atoms with Crippen LogP contribution in [0.3, 0.4) is 0 Å². The highest BCUT2D eigenvalue weighted by atomic mass is 16.5. The van der Waals surface area contributed by atoms with Crippen LogP contribution in [0, 0.1) is 0 Å². The van der Waals surface area contributed by atoms with Gasteiger partial charge in [0.25, 0.3) is 0 Å². The molecule has 2 saturated heterocycles. The number of hydrogen-bond acceptors (Lipinski definition) is 5. The van der Waals surface area contributed by atoms with Gasteiger partial charge in [-0.25, -0.2) is 0 Å². The van der Waals surface area contributed by atoms with Crippen LogP contribution in [-0.2, 0) is 9.53 Å². The normalized spacial score (nSPS) is 34.1. The average molecular weight is 255 g/mol. The first-order chi connectivity index (χ1) is 8.65. The molecule has 2 rings (SSSR count). The third-order valence-electron chi connectivity index (χ3n) is 4.50. The molecule has 0 aromatic heterocycles. The van der Waals surface area contributed by atoms with E-state index in [4.69, 9.17) is 10.5 Å². The molecule has 2 aliphatic heterocycles. The topological polar surface area (TPSA) is 67.6 Å². The second kappa shape index (κ2) is 5.99. The molecule has 2 heterocycles. The van der Waals surface area contributed by atoms with Gasteiger partial charge in [-0.2, -0.15) is 0 Å². The molecule has 2 bridgehead atoms. The second-order valence-corrected chi connectivity index (χ2v) is 5.55. The van der Waals surface area contributed by atoms with E-state index in [1.54, 1.807) is 0 Å². The Morgan fingerprint density at radius 2 is 2.06 bits per heavy atom. The largest absolute Gasteiger partial charge is 0.468 e. The van der Waals surface area contributed by atoms with E-state index in [1.165, 1.54) is 26.4 Å². The smallest absolute Gasteiger partial charge is 0.324 e. The fourth-order valence-corrected chi connectivity index (χ4v) is 3.41. The first-order valence-electron chi connectivity index (χ1n) is 6.91. The van der Waals surface area contributed by atoms with Crippen molar-refractivity contribution < 1.29 is 9.53 Å². The first-order valence-corrected chi connectivity index (χ1v) is 6.91. The van der Waals surface area contributed by atoms with Crippen LogP contribution >= 0.6 is 0 Å². The van der Waals surface area contributed by atoms with E-state index in [2.05, 4.69) is 17.3 Å². The van der Waals surface area contributed by atoms with Crippen molar-refractivity contribution in [2.24, 2.45) is 5.73 Å². The summed E-state index contributed by atoms with van der Waals surface area (Å²) in [5, 5.41) is 3.38. The van der Waals surface area contributed by atoms with E-state index in [-0.39, 0.29) is 12.0 Å². The van der Waals surface area contributed by atoms with Crippen LogP contribution in [0.5, 0.6) is 0 Å². The number of esters is 1. The van der Waals surface area contributed by atoms with Gasteiger partial charge >= 0.3 is 5.97 Å². The Balaban J connectivity index is 1.92. The molecule has 5 heteroatoms. The molecule has 18 heavy (non-hydrogen) atoms. The van der Waals surface area contributed by atoms with E-state index in [1.807, 2.05) is 0 Å². The van der Waals surface area contributed by atoms with Crippen molar-refractivity contribution in [2.45, 2.75) is 56.3 Å². The molecular weight excluding hydrogens is 230 g/mol. The zero-order valence-corrected chi connectivity index (χ0v) is 11.4. The van der Waals surface area contributed by atoms with Crippen LogP contribution in [-0.4, -0.2) is 55.7 Å². The van der Waals surface area contributed by atoms with Crippen molar-refractivity contribution in [3.63, 3.8) is 0 Å². The molecule has 3 unspecified atom stereocenters. The molecule has 0 radical (unpaired) electrons. The molecule has 5 nitrogen and oxygen atoms in total. The lowest BCUT2D eigenvalue weighted by Gasteiger charge is -2.47. The number of ether oxygens (including phenoxy) is 1. The third kappa shape index (κ3) is 2.84. The lowest BCUT2D eigenvalue weighted by atomic mass is 9.82. The summed E-state index contributed by atoms with van der Waals surface area (Å²) >= 11 is 0. The summed E-state index contributed by atoms with van der Waals surface area (Å²) in [4.78, 5) is 14.1. The predicted octanol–water partition coefficient (Wildman–Crippen LogP) is 0.0916. The highest BCUT2D eigenvalue weighted by Gasteiger charge is 2.37. The molecule has 3 N–H and O–H groups in total. The molecule has 0 aromatic rings. The second-order valence-electron chi connectivity index (χ2n) is 5.55. The summed E-state index contributed by atoms with van der Waals surface area (Å²) < 4.78 is 4.77. The molecule has 0 saturated carbocycles. The standard InChI is InChI=1S/C13H25N3O2/c1-16-10-4-3-5-11(16)7-9(6-10)15-12(8-14)13(17)18-2/h9-12,15H,3-8,14H2,1-2H3. The van der Waals surface area contributed by atoms with Gasteiger partial charge < -0.3 is 20.7 Å². The average Bonchev–Trinajstić information content (AvgIpc) is 2.36. The van der Waals surface area contributed by atoms with Crippen molar-refractivity contribution in [3.8, 4) is 0 Å². The Bertz CT molecular complexity index is 284. The molecule has 0 amide bonds. The number of piperidine rings is 2. The zero-order valence-electron chi connectivity index (χ0n) is 11.4. The van der Waals surface area contributed by atoms with Gasteiger partial charge in [-0.1, -0.05) is 6.42 Å². The monoisotopic (exact) mass is 255 g/mol. The van der Waals surface area contributed by atoms with Gasteiger partial charge in [-0.3, -0.25) is 4.79 Å². The number of nitrogens with one attached hydrogen (secondary N) is 1. The molecule has 0 aliphatic carbocycles. The fraction of sp³-hybridized carbons (Fsp3) is 0.923. The van der Waals surface area contributed by atoms with Gasteiger partial charge in [-0.15, -0.1) is 0 Å². The van der Waals surface area contributed by atoms with E-state index >= 15 is 0 Å². The zero-order chi connectivity index (χ0) is 13.1. The Morgan fingerprint density at radius 3 is 2.56 bits per heavy atom. The van der Waals surface area contributed by atoms with Crippen LogP contribution in [0.4, 0.5) is 0 Å². The van der Waals surface area contributed by atoms with E-state index < -0.39 is 0 Å². The van der Waals surface area contributed by atoms with Crippen LogP contribution in [0.15, 0.2) is 0 Å². The van der Waals surface area contributed by atoms with Crippen molar-refractivity contribution in [1.82, 2.24) is 10.2 Å². The first kappa shape index (κ1) is 13.8. The van der Waals surface area contributed by atoms with Crippen molar-refractivity contribution in [3.05, 3.63) is 0 Å². The predicted molar refractivity (Wildman–Crippen MR) is 70.2 cm³/mol. The number of rotatable bonds is 4. The summed E-state index contributed by atoms with van der Waals surface area (Å²) in [6.07, 6.45) is 6.11. The molecule has 0 aromatic carbocycles. The summed E-state index contributed by atoms with van der Waals surface area (Å²) in [6, 6.07) is 1.35. The number of nitrogens with zero attached hydrogens (tertiary/aromatic N) is 1. The van der Waals surface area contributed by atoms with Crippen LogP contribution in [0.2, 0.25) is 0 Å². The fourth-order valence-electron chi connectivity index (χ4n) is 3.41. The molecule has 0 spiro atoms. The number of carbonyl (C=O) groups is 1. The van der Waals surface area contributed by atoms with Crippen LogP contribution < -0.4 is 11.1 Å². The van der Waals surface area contributed by atoms with Gasteiger partial charge in [0, 0.05) is 24.7 Å². The number of fused-ring (bicyclic) bond motifs is 2. The van der Waals surface area contributed by atoms with E-state index in [0.29, 0.717) is 24.7 Å². The van der Waals surface area contributed by atoms with Crippen molar-refractivity contribution in [2.75, 3.05) is 20.7 Å². The summed E-state index contributed by atoms with van der Waals surface area (Å²) in [5.41, 5.74) is 5.64. The van der Waals surface area contributed by atoms with Crippen molar-refractivity contribution in [1.29, 1.82) is 0 Å². The van der Waals surface area contributed by atoms with Gasteiger partial charge in [0.1, 0.15) is 6.04 Å². The van der Waals surface area contributed by atoms with E-state index in [9.17, 15) is 4.79 Å². The highest BCUT2D eigenvalue weighted by Crippen LogP contribution is 2.32. The van der Waals surface area contributed by atoms with Gasteiger partial charge in [0.05, 0.1) is 7.11 Å². The third-order valence-corrected chi connectivity index (χ3v) is 4.50.